The van der Waals surface area contributed by atoms with E-state index in [1.165, 1.54) is 0 Å². The van der Waals surface area contributed by atoms with Crippen LogP contribution in [-0.2, 0) is 0 Å². The molecule has 0 radical (unpaired) electrons. The molecule has 0 fully saturated rings. The van der Waals surface area contributed by atoms with Crippen LogP contribution in [-0.4, -0.2) is 12.1 Å². The minimum atomic E-state index is -0.221. The molecule has 3 nitrogen and oxygen atoms in total. The predicted molar refractivity (Wildman–Crippen MR) is 75.6 cm³/mol. The number of nitrogens with one attached hydrogen (secondary N) is 1. The van der Waals surface area contributed by atoms with Crippen molar-refractivity contribution in [1.82, 2.24) is 5.43 Å². The summed E-state index contributed by atoms with van der Waals surface area (Å²) >= 11 is 3.37. The lowest BCUT2D eigenvalue weighted by molar-refractivity contribution is 0.0955. The van der Waals surface area contributed by atoms with Gasteiger partial charge in [0.1, 0.15) is 0 Å². The molecule has 1 amide bonds. The Labute approximate surface area is 114 Å². The molecule has 0 unspecified atom stereocenters. The molecule has 2 aromatic rings. The van der Waals surface area contributed by atoms with Gasteiger partial charge in [0.15, 0.2) is 0 Å². The van der Waals surface area contributed by atoms with Gasteiger partial charge in [-0.05, 0) is 29.8 Å². The third-order valence-electron chi connectivity index (χ3n) is 2.26. The average Bonchev–Trinajstić information content (AvgIpc) is 2.40. The van der Waals surface area contributed by atoms with E-state index < -0.39 is 0 Å². The first-order valence-electron chi connectivity index (χ1n) is 5.40. The maximum atomic E-state index is 11.7. The number of hydrogen-bond acceptors (Lipinski definition) is 2. The lowest BCUT2D eigenvalue weighted by atomic mass is 10.2. The van der Waals surface area contributed by atoms with Gasteiger partial charge in [0.25, 0.3) is 5.91 Å². The molecular formula is C14H11BrN2O. The van der Waals surface area contributed by atoms with Crippen molar-refractivity contribution in [2.24, 2.45) is 5.10 Å². The summed E-state index contributed by atoms with van der Waals surface area (Å²) in [6.07, 6.45) is 1.60. The third kappa shape index (κ3) is 3.53. The van der Waals surface area contributed by atoms with E-state index in [1.807, 2.05) is 42.5 Å². The van der Waals surface area contributed by atoms with Crippen LogP contribution in [0.2, 0.25) is 0 Å². The van der Waals surface area contributed by atoms with Gasteiger partial charge in [-0.1, -0.05) is 46.3 Å². The number of halogens is 1. The number of amides is 1. The highest BCUT2D eigenvalue weighted by Crippen LogP contribution is 2.09. The molecule has 0 spiro atoms. The van der Waals surface area contributed by atoms with E-state index in [4.69, 9.17) is 0 Å². The van der Waals surface area contributed by atoms with Crippen molar-refractivity contribution in [2.45, 2.75) is 0 Å². The number of nitrogens with zero attached hydrogens (tertiary/aromatic N) is 1. The molecule has 0 heterocycles. The molecule has 18 heavy (non-hydrogen) atoms. The van der Waals surface area contributed by atoms with Crippen LogP contribution in [0.5, 0.6) is 0 Å². The van der Waals surface area contributed by atoms with E-state index in [0.717, 1.165) is 10.0 Å². The minimum Gasteiger partial charge on any atom is -0.267 e. The van der Waals surface area contributed by atoms with Crippen molar-refractivity contribution in [3.8, 4) is 0 Å². The largest absolute Gasteiger partial charge is 0.271 e. The number of carbonyl (C=O) groups is 1. The van der Waals surface area contributed by atoms with E-state index in [-0.39, 0.29) is 5.91 Å². The van der Waals surface area contributed by atoms with Crippen LogP contribution in [0.1, 0.15) is 15.9 Å². The zero-order valence-corrected chi connectivity index (χ0v) is 11.1. The summed E-state index contributed by atoms with van der Waals surface area (Å²) in [4.78, 5) is 11.7. The second-order valence-corrected chi connectivity index (χ2v) is 4.54. The van der Waals surface area contributed by atoms with Gasteiger partial charge in [-0.2, -0.15) is 5.10 Å². The van der Waals surface area contributed by atoms with E-state index in [1.54, 1.807) is 18.3 Å². The predicted octanol–water partition coefficient (Wildman–Crippen LogP) is 3.21. The first kappa shape index (κ1) is 12.5. The van der Waals surface area contributed by atoms with Crippen LogP contribution in [0.15, 0.2) is 64.2 Å². The highest BCUT2D eigenvalue weighted by molar-refractivity contribution is 9.10. The van der Waals surface area contributed by atoms with E-state index in [2.05, 4.69) is 26.5 Å². The smallest absolute Gasteiger partial charge is 0.267 e. The van der Waals surface area contributed by atoms with Crippen molar-refractivity contribution in [2.75, 3.05) is 0 Å². The Bertz CT molecular complexity index is 567. The van der Waals surface area contributed by atoms with Crippen LogP contribution >= 0.6 is 15.9 Å². The van der Waals surface area contributed by atoms with Gasteiger partial charge in [-0.25, -0.2) is 5.43 Å². The van der Waals surface area contributed by atoms with Gasteiger partial charge in [0.2, 0.25) is 0 Å². The van der Waals surface area contributed by atoms with Gasteiger partial charge in [0, 0.05) is 10.0 Å². The van der Waals surface area contributed by atoms with Gasteiger partial charge in [0.05, 0.1) is 6.21 Å². The number of hydrogen-bond donors (Lipinski definition) is 1. The highest BCUT2D eigenvalue weighted by Gasteiger charge is 2.01. The number of benzene rings is 2. The Morgan fingerprint density at radius 1 is 1.11 bits per heavy atom. The molecule has 0 bridgehead atoms. The zero-order valence-electron chi connectivity index (χ0n) is 9.51. The molecule has 2 aromatic carbocycles. The minimum absolute atomic E-state index is 0.221. The average molecular weight is 303 g/mol. The number of hydrazone groups is 1. The monoisotopic (exact) mass is 302 g/mol. The zero-order chi connectivity index (χ0) is 12.8. The van der Waals surface area contributed by atoms with Gasteiger partial charge >= 0.3 is 0 Å². The summed E-state index contributed by atoms with van der Waals surface area (Å²) < 4.78 is 0.973. The maximum Gasteiger partial charge on any atom is 0.271 e. The van der Waals surface area contributed by atoms with Crippen LogP contribution in [0.4, 0.5) is 0 Å². The molecule has 0 saturated heterocycles. The first-order valence-corrected chi connectivity index (χ1v) is 6.19. The van der Waals surface area contributed by atoms with Gasteiger partial charge in [-0.15, -0.1) is 0 Å². The molecule has 0 aliphatic rings. The first-order chi connectivity index (χ1) is 8.75. The standard InChI is InChI=1S/C14H11BrN2O/c15-13-8-4-5-11(9-13)10-16-17-14(18)12-6-2-1-3-7-12/h1-10H,(H,17,18)/b16-10+. The van der Waals surface area contributed by atoms with E-state index in [9.17, 15) is 4.79 Å². The molecule has 0 aliphatic carbocycles. The quantitative estimate of drug-likeness (QED) is 0.686. The number of rotatable bonds is 3. The lowest BCUT2D eigenvalue weighted by Gasteiger charge is -1.99. The molecule has 0 atom stereocenters. The van der Waals surface area contributed by atoms with Crippen molar-refractivity contribution >= 4 is 28.1 Å². The van der Waals surface area contributed by atoms with Crippen molar-refractivity contribution in [3.63, 3.8) is 0 Å². The second kappa shape index (κ2) is 6.12. The summed E-state index contributed by atoms with van der Waals surface area (Å²) in [5.74, 6) is -0.221. The van der Waals surface area contributed by atoms with Crippen molar-refractivity contribution in [1.29, 1.82) is 0 Å². The van der Waals surface area contributed by atoms with Crippen molar-refractivity contribution in [3.05, 3.63) is 70.2 Å². The molecule has 90 valence electrons. The van der Waals surface area contributed by atoms with Crippen LogP contribution in [0.3, 0.4) is 0 Å². The molecule has 0 aliphatic heterocycles. The van der Waals surface area contributed by atoms with Gasteiger partial charge < -0.3 is 0 Å². The van der Waals surface area contributed by atoms with Crippen LogP contribution < -0.4 is 5.43 Å². The Hall–Kier alpha value is -1.94. The third-order valence-corrected chi connectivity index (χ3v) is 2.76. The molecule has 1 N–H and O–H groups in total. The van der Waals surface area contributed by atoms with E-state index in [0.29, 0.717) is 5.56 Å². The van der Waals surface area contributed by atoms with E-state index >= 15 is 0 Å². The normalized spacial score (nSPS) is 10.5. The summed E-state index contributed by atoms with van der Waals surface area (Å²) in [7, 11) is 0. The Morgan fingerprint density at radius 3 is 2.61 bits per heavy atom. The molecule has 2 rings (SSSR count). The Kier molecular flexibility index (Phi) is 4.25. The maximum absolute atomic E-state index is 11.7. The summed E-state index contributed by atoms with van der Waals surface area (Å²) in [6.45, 7) is 0. The Morgan fingerprint density at radius 2 is 1.89 bits per heavy atom. The topological polar surface area (TPSA) is 41.5 Å². The lowest BCUT2D eigenvalue weighted by Crippen LogP contribution is -2.17. The fourth-order valence-electron chi connectivity index (χ4n) is 1.41. The summed E-state index contributed by atoms with van der Waals surface area (Å²) in [5.41, 5.74) is 3.98. The molecule has 0 aromatic heterocycles. The molecular weight excluding hydrogens is 292 g/mol. The summed E-state index contributed by atoms with van der Waals surface area (Å²) in [6, 6.07) is 16.6. The van der Waals surface area contributed by atoms with Crippen LogP contribution in [0.25, 0.3) is 0 Å². The number of carbonyl (C=O) groups excluding carboxylic acids is 1. The highest BCUT2D eigenvalue weighted by atomic mass is 79.9. The Balaban J connectivity index is 1.98. The van der Waals surface area contributed by atoms with Crippen LogP contribution in [0, 0.1) is 0 Å². The van der Waals surface area contributed by atoms with Gasteiger partial charge in [-0.3, -0.25) is 4.79 Å². The summed E-state index contributed by atoms with van der Waals surface area (Å²) in [5, 5.41) is 3.91. The SMILES string of the molecule is O=C(N/N=C/c1cccc(Br)c1)c1ccccc1. The molecule has 4 heteroatoms. The fraction of sp³-hybridized carbons (Fsp3) is 0. The second-order valence-electron chi connectivity index (χ2n) is 3.62. The van der Waals surface area contributed by atoms with Crippen molar-refractivity contribution < 1.29 is 4.79 Å². The molecule has 0 saturated carbocycles. The fourth-order valence-corrected chi connectivity index (χ4v) is 1.82.